The Hall–Kier alpha value is -0.530. The molecule has 10 heavy (non-hydrogen) atoms. The molecule has 0 spiro atoms. The van der Waals surface area contributed by atoms with Gasteiger partial charge in [0, 0.05) is 0 Å². The first-order valence-electron chi connectivity index (χ1n) is 3.76. The van der Waals surface area contributed by atoms with Crippen molar-refractivity contribution >= 4 is 5.97 Å². The lowest BCUT2D eigenvalue weighted by molar-refractivity contribution is -0.144. The lowest BCUT2D eigenvalue weighted by atomic mass is 9.89. The van der Waals surface area contributed by atoms with Crippen LogP contribution in [0, 0.1) is 12.3 Å². The summed E-state index contributed by atoms with van der Waals surface area (Å²) in [7, 11) is 1.45. The summed E-state index contributed by atoms with van der Waals surface area (Å²) in [5.41, 5.74) is 0. The van der Waals surface area contributed by atoms with Gasteiger partial charge < -0.3 is 4.74 Å². The molecule has 1 unspecified atom stereocenters. The quantitative estimate of drug-likeness (QED) is 0.518. The van der Waals surface area contributed by atoms with Gasteiger partial charge in [0.2, 0.25) is 0 Å². The molecule has 1 saturated carbocycles. The summed E-state index contributed by atoms with van der Waals surface area (Å²) in [4.78, 5) is 10.9. The first-order valence-corrected chi connectivity index (χ1v) is 3.76. The molecule has 2 heteroatoms. The highest BCUT2D eigenvalue weighted by atomic mass is 16.5. The predicted molar refractivity (Wildman–Crippen MR) is 38.3 cm³/mol. The fourth-order valence-electron chi connectivity index (χ4n) is 1.31. The van der Waals surface area contributed by atoms with Gasteiger partial charge in [0.1, 0.15) is 0 Å². The van der Waals surface area contributed by atoms with E-state index in [4.69, 9.17) is 0 Å². The van der Waals surface area contributed by atoms with Crippen molar-refractivity contribution in [3.8, 4) is 0 Å². The average Bonchev–Trinajstić information content (AvgIpc) is 2.05. The van der Waals surface area contributed by atoms with Gasteiger partial charge in [-0.05, 0) is 19.3 Å². The Labute approximate surface area is 61.6 Å². The van der Waals surface area contributed by atoms with Crippen molar-refractivity contribution in [2.75, 3.05) is 7.11 Å². The molecule has 0 saturated heterocycles. The Morgan fingerprint density at radius 3 is 2.90 bits per heavy atom. The van der Waals surface area contributed by atoms with E-state index in [1.807, 2.05) is 0 Å². The first-order chi connectivity index (χ1) is 4.84. The molecule has 2 nitrogen and oxygen atoms in total. The van der Waals surface area contributed by atoms with Crippen LogP contribution in [0.4, 0.5) is 0 Å². The van der Waals surface area contributed by atoms with Gasteiger partial charge in [-0.3, -0.25) is 4.79 Å². The van der Waals surface area contributed by atoms with Crippen molar-refractivity contribution in [3.05, 3.63) is 6.42 Å². The normalized spacial score (nSPS) is 20.5. The molecule has 57 valence electrons. The largest absolute Gasteiger partial charge is 0.469 e. The van der Waals surface area contributed by atoms with Crippen LogP contribution in [0.2, 0.25) is 0 Å². The molecule has 0 aromatic carbocycles. The molecular formula is C8H13O2. The minimum atomic E-state index is -0.0697. The van der Waals surface area contributed by atoms with Crippen LogP contribution in [0.1, 0.15) is 25.7 Å². The fraction of sp³-hybridized carbons (Fsp3) is 0.750. The molecule has 0 N–H and O–H groups in total. The lowest BCUT2D eigenvalue weighted by Crippen LogP contribution is -2.19. The Balaban J connectivity index is 2.31. The molecule has 0 amide bonds. The van der Waals surface area contributed by atoms with Crippen LogP contribution in [-0.2, 0) is 9.53 Å². The molecule has 1 fully saturated rings. The van der Waals surface area contributed by atoms with Crippen LogP contribution in [0.3, 0.4) is 0 Å². The standard InChI is InChI=1S/C8H13O2/c1-10-8(9)7-5-3-2-4-6-7/h5,7H,2-4,6H2,1H3. The third-order valence-corrected chi connectivity index (χ3v) is 1.92. The Morgan fingerprint density at radius 1 is 1.60 bits per heavy atom. The van der Waals surface area contributed by atoms with Crippen molar-refractivity contribution in [1.29, 1.82) is 0 Å². The summed E-state index contributed by atoms with van der Waals surface area (Å²) in [6.45, 7) is 0. The molecule has 0 aromatic heterocycles. The van der Waals surface area contributed by atoms with Crippen molar-refractivity contribution in [1.82, 2.24) is 0 Å². The van der Waals surface area contributed by atoms with E-state index >= 15 is 0 Å². The van der Waals surface area contributed by atoms with E-state index in [0.717, 1.165) is 19.3 Å². The molecule has 1 radical (unpaired) electrons. The molecule has 0 heterocycles. The van der Waals surface area contributed by atoms with Gasteiger partial charge in [-0.15, -0.1) is 0 Å². The van der Waals surface area contributed by atoms with E-state index < -0.39 is 0 Å². The monoisotopic (exact) mass is 141 g/mol. The zero-order chi connectivity index (χ0) is 7.40. The van der Waals surface area contributed by atoms with Gasteiger partial charge in [-0.2, -0.15) is 0 Å². The summed E-state index contributed by atoms with van der Waals surface area (Å²) in [6.07, 6.45) is 6.51. The van der Waals surface area contributed by atoms with Gasteiger partial charge in [0.05, 0.1) is 13.0 Å². The topological polar surface area (TPSA) is 26.3 Å². The fourth-order valence-corrected chi connectivity index (χ4v) is 1.31. The maximum absolute atomic E-state index is 10.9. The lowest BCUT2D eigenvalue weighted by Gasteiger charge is -2.18. The third kappa shape index (κ3) is 1.72. The maximum atomic E-state index is 10.9. The van der Waals surface area contributed by atoms with Gasteiger partial charge in [-0.25, -0.2) is 0 Å². The van der Waals surface area contributed by atoms with Crippen LogP contribution in [-0.4, -0.2) is 13.1 Å². The molecular weight excluding hydrogens is 128 g/mol. The average molecular weight is 141 g/mol. The second-order valence-corrected chi connectivity index (χ2v) is 2.65. The maximum Gasteiger partial charge on any atom is 0.308 e. The third-order valence-electron chi connectivity index (χ3n) is 1.92. The van der Waals surface area contributed by atoms with Crippen LogP contribution in [0.5, 0.6) is 0 Å². The van der Waals surface area contributed by atoms with Crippen LogP contribution < -0.4 is 0 Å². The van der Waals surface area contributed by atoms with Gasteiger partial charge in [-0.1, -0.05) is 12.8 Å². The zero-order valence-corrected chi connectivity index (χ0v) is 6.30. The number of hydrogen-bond donors (Lipinski definition) is 0. The number of esters is 1. The van der Waals surface area contributed by atoms with E-state index in [1.165, 1.54) is 13.5 Å². The molecule has 0 bridgehead atoms. The Morgan fingerprint density at radius 2 is 2.40 bits per heavy atom. The SMILES string of the molecule is COC(=O)C1[CH]CCCC1. The second-order valence-electron chi connectivity index (χ2n) is 2.65. The zero-order valence-electron chi connectivity index (χ0n) is 6.30. The van der Waals surface area contributed by atoms with Crippen LogP contribution in [0.15, 0.2) is 0 Å². The number of methoxy groups -OCH3 is 1. The number of rotatable bonds is 1. The van der Waals surface area contributed by atoms with Crippen molar-refractivity contribution in [2.45, 2.75) is 25.7 Å². The summed E-state index contributed by atoms with van der Waals surface area (Å²) < 4.78 is 4.62. The van der Waals surface area contributed by atoms with Crippen molar-refractivity contribution in [2.24, 2.45) is 5.92 Å². The molecule has 0 aliphatic heterocycles. The van der Waals surface area contributed by atoms with Crippen molar-refractivity contribution < 1.29 is 9.53 Å². The number of ether oxygens (including phenoxy) is 1. The Bertz CT molecular complexity index is 114. The van der Waals surface area contributed by atoms with E-state index in [1.54, 1.807) is 0 Å². The highest BCUT2D eigenvalue weighted by molar-refractivity contribution is 5.73. The predicted octanol–water partition coefficient (Wildman–Crippen LogP) is 1.55. The minimum absolute atomic E-state index is 0.0697. The highest BCUT2D eigenvalue weighted by Gasteiger charge is 2.21. The highest BCUT2D eigenvalue weighted by Crippen LogP contribution is 2.23. The van der Waals surface area contributed by atoms with Gasteiger partial charge in [0.25, 0.3) is 0 Å². The summed E-state index contributed by atoms with van der Waals surface area (Å²) in [6, 6.07) is 0. The van der Waals surface area contributed by atoms with E-state index in [0.29, 0.717) is 0 Å². The van der Waals surface area contributed by atoms with E-state index in [2.05, 4.69) is 11.2 Å². The van der Waals surface area contributed by atoms with Crippen LogP contribution in [0.25, 0.3) is 0 Å². The smallest absolute Gasteiger partial charge is 0.308 e. The molecule has 1 aliphatic carbocycles. The minimum Gasteiger partial charge on any atom is -0.469 e. The number of carbonyl (C=O) groups is 1. The number of hydrogen-bond acceptors (Lipinski definition) is 2. The summed E-state index contributed by atoms with van der Waals surface area (Å²) in [5, 5.41) is 0. The van der Waals surface area contributed by atoms with Crippen molar-refractivity contribution in [3.63, 3.8) is 0 Å². The summed E-state index contributed by atoms with van der Waals surface area (Å²) >= 11 is 0. The van der Waals surface area contributed by atoms with Gasteiger partial charge in [0.15, 0.2) is 0 Å². The summed E-state index contributed by atoms with van der Waals surface area (Å²) in [5.74, 6) is 0.0125. The molecule has 0 aromatic rings. The van der Waals surface area contributed by atoms with Gasteiger partial charge >= 0.3 is 5.97 Å². The molecule has 1 aliphatic rings. The van der Waals surface area contributed by atoms with Crippen LogP contribution >= 0.6 is 0 Å². The van der Waals surface area contributed by atoms with E-state index in [-0.39, 0.29) is 11.9 Å². The second kappa shape index (κ2) is 3.59. The van der Waals surface area contributed by atoms with E-state index in [9.17, 15) is 4.79 Å². The number of carbonyl (C=O) groups excluding carboxylic acids is 1. The molecule has 1 atom stereocenters. The Kier molecular flexibility index (Phi) is 2.72. The first kappa shape index (κ1) is 7.58. The molecule has 1 rings (SSSR count).